The molecule has 0 bridgehead atoms. The van der Waals surface area contributed by atoms with E-state index in [1.54, 1.807) is 6.20 Å². The number of halogens is 1. The van der Waals surface area contributed by atoms with E-state index in [0.717, 1.165) is 5.01 Å². The summed E-state index contributed by atoms with van der Waals surface area (Å²) in [5.41, 5.74) is 0.0299. The molecule has 2 amide bonds. The lowest BCUT2D eigenvalue weighted by Crippen LogP contribution is -2.53. The molecule has 12 heteroatoms. The van der Waals surface area contributed by atoms with Gasteiger partial charge in [-0.1, -0.05) is 11.6 Å². The molecule has 4 rings (SSSR count). The molecule has 6 N–H and O–H groups in total. The summed E-state index contributed by atoms with van der Waals surface area (Å²) in [6.45, 7) is 0.930. The molecular formula is C18H21ClN6O5. The zero-order valence-corrected chi connectivity index (χ0v) is 16.6. The number of nitrogens with zero attached hydrogens (tertiary/aromatic N) is 3. The lowest BCUT2D eigenvalue weighted by atomic mass is 10.0. The van der Waals surface area contributed by atoms with Crippen LogP contribution in [-0.2, 0) is 9.59 Å². The minimum Gasteiger partial charge on any atom is -0.480 e. The molecule has 160 valence electrons. The van der Waals surface area contributed by atoms with Crippen molar-refractivity contribution in [2.24, 2.45) is 11.3 Å². The first-order valence-electron chi connectivity index (χ1n) is 9.47. The lowest BCUT2D eigenvalue weighted by molar-refractivity contribution is -0.147. The molecule has 0 unspecified atom stereocenters. The minimum atomic E-state index is -1.40. The molecule has 2 fully saturated rings. The molecular weight excluding hydrogens is 416 g/mol. The van der Waals surface area contributed by atoms with Crippen molar-refractivity contribution in [3.05, 3.63) is 17.4 Å². The van der Waals surface area contributed by atoms with E-state index >= 15 is 0 Å². The minimum absolute atomic E-state index is 0.289. The van der Waals surface area contributed by atoms with Crippen LogP contribution in [-0.4, -0.2) is 62.3 Å². The van der Waals surface area contributed by atoms with Gasteiger partial charge in [0.1, 0.15) is 11.1 Å². The Morgan fingerprint density at radius 3 is 2.73 bits per heavy atom. The summed E-state index contributed by atoms with van der Waals surface area (Å²) in [5.74, 6) is 3.95. The number of H-pyrrole nitrogens is 1. The first-order chi connectivity index (χ1) is 14.2. The Bertz CT molecular complexity index is 1040. The van der Waals surface area contributed by atoms with E-state index in [0.29, 0.717) is 53.4 Å². The number of aromatic nitrogens is 2. The van der Waals surface area contributed by atoms with Gasteiger partial charge in [-0.25, -0.2) is 20.6 Å². The van der Waals surface area contributed by atoms with Crippen molar-refractivity contribution < 1.29 is 24.6 Å². The normalized spacial score (nSPS) is 20.1. The number of rotatable bonds is 5. The van der Waals surface area contributed by atoms with Crippen LogP contribution in [0.1, 0.15) is 25.7 Å². The van der Waals surface area contributed by atoms with Crippen LogP contribution in [0.15, 0.2) is 12.4 Å². The Labute approximate surface area is 175 Å². The molecule has 1 atom stereocenters. The van der Waals surface area contributed by atoms with Crippen molar-refractivity contribution in [2.45, 2.75) is 31.7 Å². The van der Waals surface area contributed by atoms with Gasteiger partial charge in [0.2, 0.25) is 5.91 Å². The second-order valence-electron chi connectivity index (χ2n) is 7.65. The summed E-state index contributed by atoms with van der Waals surface area (Å²) in [5, 5.41) is 22.9. The van der Waals surface area contributed by atoms with Gasteiger partial charge in [-0.15, -0.1) is 0 Å². The lowest BCUT2D eigenvalue weighted by Gasteiger charge is -2.37. The number of hydrazine groups is 1. The standard InChI is InChI=1S/C18H21ClN6O5/c19-10-6-21-14-12(11(7-22-14)23-15(26)18(3-4-18)16(27)28)13(10)24-5-1-2-9(8-24)25(20)17(29)30/h6-7,9H,1-5,8,20H2,(H,21,22)(H,23,26)(H,27,28)(H,29,30)/t9-/m1/s1. The smallest absolute Gasteiger partial charge is 0.421 e. The highest BCUT2D eigenvalue weighted by Crippen LogP contribution is 2.47. The fraction of sp³-hybridized carbons (Fsp3) is 0.444. The number of carboxylic acid groups (broad SMARTS) is 2. The number of pyridine rings is 1. The van der Waals surface area contributed by atoms with Gasteiger partial charge in [0.25, 0.3) is 0 Å². The summed E-state index contributed by atoms with van der Waals surface area (Å²) in [7, 11) is 0. The highest BCUT2D eigenvalue weighted by atomic mass is 35.5. The quantitative estimate of drug-likeness (QED) is 0.205. The van der Waals surface area contributed by atoms with Crippen molar-refractivity contribution in [3.8, 4) is 0 Å². The fourth-order valence-electron chi connectivity index (χ4n) is 3.91. The molecule has 0 radical (unpaired) electrons. The number of nitrogens with one attached hydrogen (secondary N) is 2. The summed E-state index contributed by atoms with van der Waals surface area (Å²) in [6, 6.07) is -0.422. The molecule has 1 saturated heterocycles. The average Bonchev–Trinajstić information content (AvgIpc) is 3.45. The molecule has 2 aromatic heterocycles. The Hall–Kier alpha value is -3.05. The molecule has 1 saturated carbocycles. The zero-order chi connectivity index (χ0) is 21.6. The van der Waals surface area contributed by atoms with Crippen molar-refractivity contribution >= 4 is 52.0 Å². The van der Waals surface area contributed by atoms with Gasteiger partial charge in [-0.3, -0.25) is 9.59 Å². The number of fused-ring (bicyclic) bond motifs is 1. The number of aromatic amines is 1. The number of anilines is 2. The van der Waals surface area contributed by atoms with Gasteiger partial charge < -0.3 is 25.4 Å². The Balaban J connectivity index is 1.69. The molecule has 0 spiro atoms. The summed E-state index contributed by atoms with van der Waals surface area (Å²) in [4.78, 5) is 44.5. The number of nitrogens with two attached hydrogens (primary N) is 1. The van der Waals surface area contributed by atoms with Crippen molar-refractivity contribution in [3.63, 3.8) is 0 Å². The van der Waals surface area contributed by atoms with Crippen LogP contribution < -0.4 is 16.1 Å². The van der Waals surface area contributed by atoms with Gasteiger partial charge in [0.15, 0.2) is 0 Å². The number of amides is 2. The predicted octanol–water partition coefficient (Wildman–Crippen LogP) is 1.84. The van der Waals surface area contributed by atoms with Crippen LogP contribution in [0, 0.1) is 5.41 Å². The molecule has 11 nitrogen and oxygen atoms in total. The third-order valence-electron chi connectivity index (χ3n) is 5.80. The summed E-state index contributed by atoms with van der Waals surface area (Å²) >= 11 is 6.46. The maximum Gasteiger partial charge on any atom is 0.421 e. The summed E-state index contributed by atoms with van der Waals surface area (Å²) < 4.78 is 0. The van der Waals surface area contributed by atoms with Gasteiger partial charge >= 0.3 is 12.1 Å². The Kier molecular flexibility index (Phi) is 4.94. The van der Waals surface area contributed by atoms with E-state index in [2.05, 4.69) is 15.3 Å². The molecule has 30 heavy (non-hydrogen) atoms. The Morgan fingerprint density at radius 2 is 2.10 bits per heavy atom. The van der Waals surface area contributed by atoms with Crippen LogP contribution in [0.2, 0.25) is 5.02 Å². The van der Waals surface area contributed by atoms with Crippen molar-refractivity contribution in [1.82, 2.24) is 15.0 Å². The molecule has 3 heterocycles. The number of aliphatic carboxylic acids is 1. The zero-order valence-electron chi connectivity index (χ0n) is 15.9. The number of carbonyl (C=O) groups is 3. The number of hydrogen-bond donors (Lipinski definition) is 5. The second kappa shape index (κ2) is 7.33. The van der Waals surface area contributed by atoms with Gasteiger partial charge in [-0.2, -0.15) is 0 Å². The van der Waals surface area contributed by atoms with Crippen molar-refractivity contribution in [2.75, 3.05) is 23.3 Å². The van der Waals surface area contributed by atoms with E-state index < -0.39 is 29.4 Å². The van der Waals surface area contributed by atoms with Gasteiger partial charge in [-0.05, 0) is 25.7 Å². The first kappa shape index (κ1) is 20.2. The molecule has 1 aliphatic carbocycles. The number of hydrogen-bond acceptors (Lipinski definition) is 6. The van der Waals surface area contributed by atoms with E-state index in [1.165, 1.54) is 6.20 Å². The SMILES string of the molecule is NN(C(=O)O)[C@@H]1CCCN(c2c(Cl)cnc3[nH]cc(NC(=O)C4(C(=O)O)CC4)c23)C1. The second-order valence-corrected chi connectivity index (χ2v) is 8.06. The Morgan fingerprint density at radius 1 is 1.37 bits per heavy atom. The highest BCUT2D eigenvalue weighted by molar-refractivity contribution is 6.35. The predicted molar refractivity (Wildman–Crippen MR) is 108 cm³/mol. The monoisotopic (exact) mass is 436 g/mol. The average molecular weight is 437 g/mol. The third kappa shape index (κ3) is 3.29. The van der Waals surface area contributed by atoms with Crippen LogP contribution in [0.4, 0.5) is 16.2 Å². The van der Waals surface area contributed by atoms with Crippen LogP contribution in [0.3, 0.4) is 0 Å². The van der Waals surface area contributed by atoms with Crippen LogP contribution >= 0.6 is 11.6 Å². The fourth-order valence-corrected chi connectivity index (χ4v) is 4.17. The van der Waals surface area contributed by atoms with Gasteiger partial charge in [0, 0.05) is 19.3 Å². The molecule has 1 aliphatic heterocycles. The number of carboxylic acids is 1. The first-order valence-corrected chi connectivity index (χ1v) is 9.84. The highest BCUT2D eigenvalue weighted by Gasteiger charge is 2.57. The number of carbonyl (C=O) groups excluding carboxylic acids is 1. The maximum absolute atomic E-state index is 12.6. The largest absolute Gasteiger partial charge is 0.480 e. The molecule has 0 aromatic carbocycles. The topological polar surface area (TPSA) is 165 Å². The van der Waals surface area contributed by atoms with E-state index in [-0.39, 0.29) is 12.8 Å². The summed E-state index contributed by atoms with van der Waals surface area (Å²) in [6.07, 6.45) is 3.69. The van der Waals surface area contributed by atoms with Crippen LogP contribution in [0.5, 0.6) is 0 Å². The van der Waals surface area contributed by atoms with E-state index in [9.17, 15) is 24.6 Å². The number of piperidine rings is 1. The third-order valence-corrected chi connectivity index (χ3v) is 6.08. The molecule has 2 aromatic rings. The van der Waals surface area contributed by atoms with Crippen LogP contribution in [0.25, 0.3) is 11.0 Å². The van der Waals surface area contributed by atoms with E-state index in [4.69, 9.17) is 17.4 Å². The molecule has 2 aliphatic rings. The van der Waals surface area contributed by atoms with Crippen molar-refractivity contribution in [1.29, 1.82) is 0 Å². The van der Waals surface area contributed by atoms with E-state index in [1.807, 2.05) is 4.90 Å². The maximum atomic E-state index is 12.6. The van der Waals surface area contributed by atoms with Gasteiger partial charge in [0.05, 0.1) is 34.0 Å².